The van der Waals surface area contributed by atoms with Crippen LogP contribution < -0.4 is 9.47 Å². The highest BCUT2D eigenvalue weighted by atomic mass is 19.4. The zero-order valence-corrected chi connectivity index (χ0v) is 19.2. The molecule has 0 radical (unpaired) electrons. The van der Waals surface area contributed by atoms with Crippen LogP contribution in [-0.4, -0.2) is 34.8 Å². The highest BCUT2D eigenvalue weighted by Crippen LogP contribution is 2.37. The second kappa shape index (κ2) is 10.7. The zero-order chi connectivity index (χ0) is 24.9. The van der Waals surface area contributed by atoms with Crippen molar-refractivity contribution in [2.75, 3.05) is 13.7 Å². The maximum absolute atomic E-state index is 13.6. The lowest BCUT2D eigenvalue weighted by Gasteiger charge is -2.19. The Labute approximate surface area is 195 Å². The number of nitrogens with zero attached hydrogens (tertiary/aromatic N) is 1. The van der Waals surface area contributed by atoms with Gasteiger partial charge in [0.15, 0.2) is 11.5 Å². The van der Waals surface area contributed by atoms with E-state index in [4.69, 9.17) is 14.6 Å². The van der Waals surface area contributed by atoms with Gasteiger partial charge in [0.1, 0.15) is 12.4 Å². The molecule has 3 aromatic rings. The van der Waals surface area contributed by atoms with Crippen molar-refractivity contribution in [2.45, 2.75) is 45.4 Å². The fraction of sp³-hybridized carbons (Fsp3) is 0.360. The van der Waals surface area contributed by atoms with Crippen LogP contribution in [0.5, 0.6) is 11.5 Å². The monoisotopic (exact) mass is 476 g/mol. The molecule has 0 spiro atoms. The van der Waals surface area contributed by atoms with Gasteiger partial charge in [-0.3, -0.25) is 9.89 Å². The summed E-state index contributed by atoms with van der Waals surface area (Å²) in [6, 6.07) is 9.03. The van der Waals surface area contributed by atoms with Crippen LogP contribution in [0.4, 0.5) is 13.2 Å². The third-order valence-electron chi connectivity index (χ3n) is 5.55. The number of aryl methyl sites for hydroxylation is 1. The van der Waals surface area contributed by atoms with E-state index < -0.39 is 11.7 Å². The van der Waals surface area contributed by atoms with Gasteiger partial charge in [-0.1, -0.05) is 18.2 Å². The number of halogens is 3. The molecule has 0 saturated carbocycles. The third kappa shape index (κ3) is 5.96. The Kier molecular flexibility index (Phi) is 7.98. The van der Waals surface area contributed by atoms with E-state index in [0.717, 1.165) is 22.9 Å². The molecule has 1 unspecified atom stereocenters. The Morgan fingerprint density at radius 1 is 1.18 bits per heavy atom. The molecule has 2 aromatic carbocycles. The van der Waals surface area contributed by atoms with Gasteiger partial charge in [0.05, 0.1) is 18.4 Å². The van der Waals surface area contributed by atoms with Gasteiger partial charge in [0, 0.05) is 30.7 Å². The van der Waals surface area contributed by atoms with E-state index in [2.05, 4.69) is 10.2 Å². The van der Waals surface area contributed by atoms with Crippen LogP contribution in [-0.2, 0) is 24.0 Å². The van der Waals surface area contributed by atoms with Gasteiger partial charge in [0.2, 0.25) is 0 Å². The van der Waals surface area contributed by atoms with E-state index in [1.54, 1.807) is 30.5 Å². The standard InChI is InChI=1S/C25H27F3N2O4/c1-15-13-29-30-24(15)20(10-16(2)32)18-6-7-22(23(12-18)33-3)34-14-19-5-4-17(8-9-31)11-21(19)25(26,27)28/h4-7,11-13,20,31H,8-10,14H2,1-3H3,(H,29,30). The Morgan fingerprint density at radius 3 is 2.53 bits per heavy atom. The molecule has 1 aromatic heterocycles. The largest absolute Gasteiger partial charge is 0.493 e. The summed E-state index contributed by atoms with van der Waals surface area (Å²) in [4.78, 5) is 11.9. The summed E-state index contributed by atoms with van der Waals surface area (Å²) >= 11 is 0. The quantitative estimate of drug-likeness (QED) is 0.432. The lowest BCUT2D eigenvalue weighted by atomic mass is 9.89. The number of Topliss-reactive ketones (excluding diaryl/α,β-unsaturated/α-hetero) is 1. The van der Waals surface area contributed by atoms with Gasteiger partial charge < -0.3 is 14.6 Å². The van der Waals surface area contributed by atoms with Crippen molar-refractivity contribution in [3.63, 3.8) is 0 Å². The lowest BCUT2D eigenvalue weighted by Crippen LogP contribution is -2.12. The molecule has 0 amide bonds. The number of rotatable bonds is 10. The second-order valence-electron chi connectivity index (χ2n) is 8.07. The molecule has 182 valence electrons. The normalized spacial score (nSPS) is 12.4. The fourth-order valence-corrected chi connectivity index (χ4v) is 3.85. The summed E-state index contributed by atoms with van der Waals surface area (Å²) in [5.74, 6) is 0.308. The van der Waals surface area contributed by atoms with Gasteiger partial charge >= 0.3 is 6.18 Å². The summed E-state index contributed by atoms with van der Waals surface area (Å²) in [6.07, 6.45) is -2.43. The first-order chi connectivity index (χ1) is 16.1. The SMILES string of the molecule is COc1cc(C(CC(C)=O)c2n[nH]cc2C)ccc1OCc1ccc(CCO)cc1C(F)(F)F. The molecular formula is C25H27F3N2O4. The van der Waals surface area contributed by atoms with Gasteiger partial charge in [-0.2, -0.15) is 18.3 Å². The molecule has 3 rings (SSSR count). The van der Waals surface area contributed by atoms with Crippen molar-refractivity contribution in [1.82, 2.24) is 10.2 Å². The highest BCUT2D eigenvalue weighted by Gasteiger charge is 2.33. The maximum Gasteiger partial charge on any atom is 0.416 e. The number of methoxy groups -OCH3 is 1. The molecule has 0 fully saturated rings. The molecule has 2 N–H and O–H groups in total. The second-order valence-corrected chi connectivity index (χ2v) is 8.07. The molecule has 9 heteroatoms. The number of nitrogens with one attached hydrogen (secondary N) is 1. The fourth-order valence-electron chi connectivity index (χ4n) is 3.85. The van der Waals surface area contributed by atoms with Crippen LogP contribution in [0.15, 0.2) is 42.6 Å². The van der Waals surface area contributed by atoms with E-state index in [9.17, 15) is 18.0 Å². The third-order valence-corrected chi connectivity index (χ3v) is 5.55. The number of ketones is 1. The van der Waals surface area contributed by atoms with Crippen LogP contribution in [0.2, 0.25) is 0 Å². The first-order valence-electron chi connectivity index (χ1n) is 10.7. The summed E-state index contributed by atoms with van der Waals surface area (Å²) in [7, 11) is 1.44. The molecule has 0 aliphatic rings. The number of aromatic amines is 1. The van der Waals surface area contributed by atoms with E-state index in [1.165, 1.54) is 20.1 Å². The lowest BCUT2D eigenvalue weighted by molar-refractivity contribution is -0.138. The number of hydrogen-bond donors (Lipinski definition) is 2. The van der Waals surface area contributed by atoms with E-state index >= 15 is 0 Å². The zero-order valence-electron chi connectivity index (χ0n) is 19.2. The molecule has 1 atom stereocenters. The minimum atomic E-state index is -4.56. The van der Waals surface area contributed by atoms with Crippen LogP contribution >= 0.6 is 0 Å². The van der Waals surface area contributed by atoms with Crippen LogP contribution in [0.3, 0.4) is 0 Å². The van der Waals surface area contributed by atoms with Crippen molar-refractivity contribution in [3.05, 3.63) is 76.1 Å². The molecular weight excluding hydrogens is 449 g/mol. The van der Waals surface area contributed by atoms with Gasteiger partial charge in [-0.15, -0.1) is 0 Å². The van der Waals surface area contributed by atoms with E-state index in [0.29, 0.717) is 11.3 Å². The Hall–Kier alpha value is -3.33. The van der Waals surface area contributed by atoms with E-state index in [1.807, 2.05) is 6.92 Å². The summed E-state index contributed by atoms with van der Waals surface area (Å²) in [6.45, 7) is 2.84. The molecule has 0 aliphatic carbocycles. The van der Waals surface area contributed by atoms with Crippen molar-refractivity contribution in [3.8, 4) is 11.5 Å². The number of aliphatic hydroxyl groups excluding tert-OH is 1. The van der Waals surface area contributed by atoms with Crippen LogP contribution in [0, 0.1) is 6.92 Å². The number of carbonyl (C=O) groups is 1. The molecule has 34 heavy (non-hydrogen) atoms. The van der Waals surface area contributed by atoms with Crippen molar-refractivity contribution in [2.24, 2.45) is 0 Å². The number of aromatic nitrogens is 2. The Balaban J connectivity index is 1.88. The summed E-state index contributed by atoms with van der Waals surface area (Å²) in [5, 5.41) is 16.1. The van der Waals surface area contributed by atoms with Gasteiger partial charge in [-0.25, -0.2) is 0 Å². The van der Waals surface area contributed by atoms with Crippen molar-refractivity contribution < 1.29 is 32.5 Å². The number of aliphatic hydroxyl groups is 1. The van der Waals surface area contributed by atoms with Gasteiger partial charge in [-0.05, 0) is 55.2 Å². The predicted molar refractivity (Wildman–Crippen MR) is 120 cm³/mol. The minimum Gasteiger partial charge on any atom is -0.493 e. The number of carbonyl (C=O) groups excluding carboxylic acids is 1. The first kappa shape index (κ1) is 25.3. The maximum atomic E-state index is 13.6. The highest BCUT2D eigenvalue weighted by molar-refractivity contribution is 5.77. The van der Waals surface area contributed by atoms with Gasteiger partial charge in [0.25, 0.3) is 0 Å². The summed E-state index contributed by atoms with van der Waals surface area (Å²) in [5.41, 5.74) is 2.00. The van der Waals surface area contributed by atoms with Crippen molar-refractivity contribution in [1.29, 1.82) is 0 Å². The first-order valence-corrected chi connectivity index (χ1v) is 10.7. The average molecular weight is 476 g/mol. The number of H-pyrrole nitrogens is 1. The van der Waals surface area contributed by atoms with Crippen LogP contribution in [0.25, 0.3) is 0 Å². The summed E-state index contributed by atoms with van der Waals surface area (Å²) < 4.78 is 51.9. The predicted octanol–water partition coefficient (Wildman–Crippen LogP) is 4.97. The molecule has 6 nitrogen and oxygen atoms in total. The minimum absolute atomic E-state index is 0.00369. The Morgan fingerprint density at radius 2 is 1.94 bits per heavy atom. The van der Waals surface area contributed by atoms with Crippen molar-refractivity contribution >= 4 is 5.78 Å². The number of ether oxygens (including phenoxy) is 2. The Bertz CT molecular complexity index is 1140. The van der Waals surface area contributed by atoms with E-state index in [-0.39, 0.29) is 49.1 Å². The smallest absolute Gasteiger partial charge is 0.416 e. The molecule has 0 bridgehead atoms. The molecule has 0 saturated heterocycles. The molecule has 0 aliphatic heterocycles. The number of hydrogen-bond acceptors (Lipinski definition) is 5. The number of alkyl halides is 3. The topological polar surface area (TPSA) is 84.4 Å². The average Bonchev–Trinajstić information content (AvgIpc) is 3.21. The van der Waals surface area contributed by atoms with Crippen LogP contribution in [0.1, 0.15) is 52.8 Å². The molecule has 1 heterocycles. The number of benzene rings is 2.